The minimum atomic E-state index is 0.496. The van der Waals surface area contributed by atoms with Gasteiger partial charge in [-0.25, -0.2) is 0 Å². The van der Waals surface area contributed by atoms with Crippen LogP contribution in [0.25, 0.3) is 0 Å². The first-order valence-electron chi connectivity index (χ1n) is 6.68. The molecule has 2 N–H and O–H groups in total. The molecule has 2 rings (SSSR count). The molecule has 1 heterocycles. The van der Waals surface area contributed by atoms with Gasteiger partial charge in [0.15, 0.2) is 0 Å². The monoisotopic (exact) mass is 227 g/mol. The van der Waals surface area contributed by atoms with E-state index in [1.54, 1.807) is 0 Å². The highest BCUT2D eigenvalue weighted by atomic mass is 32.2. The summed E-state index contributed by atoms with van der Waals surface area (Å²) >= 11 is 2.13. The maximum atomic E-state index is 6.42. The molecule has 0 spiro atoms. The van der Waals surface area contributed by atoms with Crippen LogP contribution in [0, 0.1) is 11.8 Å². The molecular formula is C13H25NS. The molecule has 2 aliphatic rings. The second-order valence-electron chi connectivity index (χ2n) is 5.32. The average Bonchev–Trinajstić information content (AvgIpc) is 2.82. The second kappa shape index (κ2) is 5.58. The lowest BCUT2D eigenvalue weighted by Crippen LogP contribution is -2.40. The van der Waals surface area contributed by atoms with Crippen molar-refractivity contribution in [2.24, 2.45) is 17.6 Å². The van der Waals surface area contributed by atoms with E-state index in [0.717, 1.165) is 17.1 Å². The molecule has 1 saturated heterocycles. The van der Waals surface area contributed by atoms with Crippen molar-refractivity contribution in [3.63, 3.8) is 0 Å². The van der Waals surface area contributed by atoms with Crippen molar-refractivity contribution in [3.8, 4) is 0 Å². The molecule has 0 aromatic rings. The van der Waals surface area contributed by atoms with E-state index in [-0.39, 0.29) is 0 Å². The zero-order chi connectivity index (χ0) is 10.7. The van der Waals surface area contributed by atoms with Crippen LogP contribution in [0.15, 0.2) is 0 Å². The first-order chi connectivity index (χ1) is 7.31. The number of nitrogens with two attached hydrogens (primary N) is 1. The summed E-state index contributed by atoms with van der Waals surface area (Å²) in [6.45, 7) is 2.33. The highest BCUT2D eigenvalue weighted by Crippen LogP contribution is 2.37. The molecule has 88 valence electrons. The highest BCUT2D eigenvalue weighted by Gasteiger charge is 2.31. The van der Waals surface area contributed by atoms with Crippen LogP contribution < -0.4 is 5.73 Å². The van der Waals surface area contributed by atoms with Gasteiger partial charge in [0.25, 0.3) is 0 Å². The van der Waals surface area contributed by atoms with Crippen molar-refractivity contribution >= 4 is 11.8 Å². The van der Waals surface area contributed by atoms with Crippen molar-refractivity contribution in [2.75, 3.05) is 5.75 Å². The van der Waals surface area contributed by atoms with Gasteiger partial charge < -0.3 is 5.73 Å². The van der Waals surface area contributed by atoms with Gasteiger partial charge in [-0.05, 0) is 43.3 Å². The zero-order valence-corrected chi connectivity index (χ0v) is 10.8. The Kier molecular flexibility index (Phi) is 4.39. The normalized spacial score (nSPS) is 39.2. The summed E-state index contributed by atoms with van der Waals surface area (Å²) in [6.07, 6.45) is 9.82. The molecule has 2 heteroatoms. The number of thioether (sulfide) groups is 1. The van der Waals surface area contributed by atoms with E-state index >= 15 is 0 Å². The fourth-order valence-corrected chi connectivity index (χ4v) is 4.60. The van der Waals surface area contributed by atoms with Gasteiger partial charge in [0.1, 0.15) is 0 Å². The van der Waals surface area contributed by atoms with Crippen LogP contribution in [0.1, 0.15) is 51.9 Å². The molecule has 1 aliphatic heterocycles. The first kappa shape index (κ1) is 11.8. The Morgan fingerprint density at radius 2 is 1.93 bits per heavy atom. The van der Waals surface area contributed by atoms with Crippen molar-refractivity contribution < 1.29 is 0 Å². The summed E-state index contributed by atoms with van der Waals surface area (Å²) in [5, 5.41) is 0.785. The molecule has 1 aliphatic carbocycles. The molecular weight excluding hydrogens is 202 g/mol. The zero-order valence-electron chi connectivity index (χ0n) is 9.95. The summed E-state index contributed by atoms with van der Waals surface area (Å²) in [5.41, 5.74) is 6.42. The Morgan fingerprint density at radius 3 is 2.47 bits per heavy atom. The summed E-state index contributed by atoms with van der Waals surface area (Å²) in [4.78, 5) is 0. The van der Waals surface area contributed by atoms with Gasteiger partial charge in [0, 0.05) is 11.3 Å². The highest BCUT2D eigenvalue weighted by molar-refractivity contribution is 8.00. The summed E-state index contributed by atoms with van der Waals surface area (Å²) in [6, 6.07) is 0.496. The van der Waals surface area contributed by atoms with E-state index in [9.17, 15) is 0 Å². The van der Waals surface area contributed by atoms with Gasteiger partial charge >= 0.3 is 0 Å². The third-order valence-corrected chi connectivity index (χ3v) is 5.91. The van der Waals surface area contributed by atoms with Gasteiger partial charge in [0.2, 0.25) is 0 Å². The predicted molar refractivity (Wildman–Crippen MR) is 69.2 cm³/mol. The Balaban J connectivity index is 1.78. The van der Waals surface area contributed by atoms with Gasteiger partial charge in [-0.2, -0.15) is 11.8 Å². The molecule has 0 bridgehead atoms. The van der Waals surface area contributed by atoms with Crippen LogP contribution in [0.2, 0.25) is 0 Å². The second-order valence-corrected chi connectivity index (χ2v) is 6.66. The van der Waals surface area contributed by atoms with E-state index < -0.39 is 0 Å². The summed E-state index contributed by atoms with van der Waals surface area (Å²) in [7, 11) is 0. The Hall–Kier alpha value is 0.310. The van der Waals surface area contributed by atoms with E-state index in [1.165, 1.54) is 50.7 Å². The fraction of sp³-hybridized carbons (Fsp3) is 1.00. The molecule has 2 atom stereocenters. The molecule has 0 radical (unpaired) electrons. The van der Waals surface area contributed by atoms with Gasteiger partial charge in [-0.1, -0.05) is 26.2 Å². The molecule has 2 fully saturated rings. The van der Waals surface area contributed by atoms with Crippen molar-refractivity contribution in [1.82, 2.24) is 0 Å². The topological polar surface area (TPSA) is 26.0 Å². The number of hydrogen-bond acceptors (Lipinski definition) is 2. The number of hydrogen-bond donors (Lipinski definition) is 1. The van der Waals surface area contributed by atoms with Gasteiger partial charge in [-0.15, -0.1) is 0 Å². The van der Waals surface area contributed by atoms with Crippen LogP contribution in [-0.4, -0.2) is 17.0 Å². The predicted octanol–water partition coefficient (Wildman–Crippen LogP) is 3.43. The van der Waals surface area contributed by atoms with Crippen molar-refractivity contribution in [3.05, 3.63) is 0 Å². The van der Waals surface area contributed by atoms with E-state index in [1.807, 2.05) is 0 Å². The molecule has 0 aromatic heterocycles. The average molecular weight is 227 g/mol. The maximum absolute atomic E-state index is 6.42. The smallest absolute Gasteiger partial charge is 0.0202 e. The largest absolute Gasteiger partial charge is 0.326 e. The molecule has 1 saturated carbocycles. The molecule has 0 aromatic carbocycles. The van der Waals surface area contributed by atoms with Gasteiger partial charge in [0.05, 0.1) is 0 Å². The van der Waals surface area contributed by atoms with E-state index in [4.69, 9.17) is 5.73 Å². The summed E-state index contributed by atoms with van der Waals surface area (Å²) < 4.78 is 0. The Labute approximate surface area is 98.6 Å². The van der Waals surface area contributed by atoms with Crippen molar-refractivity contribution in [1.29, 1.82) is 0 Å². The third-order valence-electron chi connectivity index (χ3n) is 4.41. The maximum Gasteiger partial charge on any atom is 0.0202 e. The number of rotatable bonds is 3. The fourth-order valence-electron chi connectivity index (χ4n) is 3.19. The first-order valence-corrected chi connectivity index (χ1v) is 7.73. The molecule has 15 heavy (non-hydrogen) atoms. The third kappa shape index (κ3) is 2.91. The van der Waals surface area contributed by atoms with Crippen LogP contribution >= 0.6 is 11.8 Å². The van der Waals surface area contributed by atoms with E-state index in [2.05, 4.69) is 18.7 Å². The SMILES string of the molecule is CCC1CCC(C(N)C2CCCS2)CC1. The van der Waals surface area contributed by atoms with Crippen LogP contribution in [0.3, 0.4) is 0 Å². The Morgan fingerprint density at radius 1 is 1.20 bits per heavy atom. The quantitative estimate of drug-likeness (QED) is 0.799. The lowest BCUT2D eigenvalue weighted by atomic mass is 9.77. The lowest BCUT2D eigenvalue weighted by Gasteiger charge is -2.34. The van der Waals surface area contributed by atoms with Crippen LogP contribution in [-0.2, 0) is 0 Å². The summed E-state index contributed by atoms with van der Waals surface area (Å²) in [5.74, 6) is 3.19. The van der Waals surface area contributed by atoms with Crippen molar-refractivity contribution in [2.45, 2.75) is 63.2 Å². The Bertz CT molecular complexity index is 181. The molecule has 0 amide bonds. The standard InChI is InChI=1S/C13H25NS/c1-2-10-5-7-11(8-6-10)13(14)12-4-3-9-15-12/h10-13H,2-9,14H2,1H3. The minimum Gasteiger partial charge on any atom is -0.326 e. The molecule has 2 unspecified atom stereocenters. The van der Waals surface area contributed by atoms with Crippen LogP contribution in [0.5, 0.6) is 0 Å². The minimum absolute atomic E-state index is 0.496. The lowest BCUT2D eigenvalue weighted by molar-refractivity contribution is 0.235. The van der Waals surface area contributed by atoms with E-state index in [0.29, 0.717) is 6.04 Å². The van der Waals surface area contributed by atoms with Gasteiger partial charge in [-0.3, -0.25) is 0 Å². The molecule has 1 nitrogen and oxygen atoms in total. The van der Waals surface area contributed by atoms with Crippen LogP contribution in [0.4, 0.5) is 0 Å².